The predicted molar refractivity (Wildman–Crippen MR) is 92.7 cm³/mol. The maximum Gasteiger partial charge on any atom is 0.255 e. The summed E-state index contributed by atoms with van der Waals surface area (Å²) in [5.74, 6) is 0.594. The van der Waals surface area contributed by atoms with Crippen molar-refractivity contribution in [2.24, 2.45) is 11.7 Å². The van der Waals surface area contributed by atoms with Gasteiger partial charge >= 0.3 is 0 Å². The summed E-state index contributed by atoms with van der Waals surface area (Å²) in [4.78, 5) is 32.4. The van der Waals surface area contributed by atoms with Gasteiger partial charge in [-0.25, -0.2) is 4.98 Å². The Labute approximate surface area is 143 Å². The van der Waals surface area contributed by atoms with Crippen LogP contribution in [0.15, 0.2) is 18.3 Å². The number of pyridine rings is 1. The van der Waals surface area contributed by atoms with E-state index in [-0.39, 0.29) is 17.7 Å². The SMILES string of the molecule is NC(=O)C1CCN(C(=O)c2ccc(N3CCCCCC3)nc2)CC1. The Balaban J connectivity index is 1.61. The Hall–Kier alpha value is -2.11. The minimum Gasteiger partial charge on any atom is -0.369 e. The fourth-order valence-corrected chi connectivity index (χ4v) is 3.55. The number of carbonyl (C=O) groups is 2. The summed E-state index contributed by atoms with van der Waals surface area (Å²) in [6.07, 6.45) is 7.97. The number of primary amides is 1. The van der Waals surface area contributed by atoms with Crippen LogP contribution in [-0.4, -0.2) is 47.9 Å². The normalized spacial score (nSPS) is 19.8. The number of piperidine rings is 1. The molecule has 24 heavy (non-hydrogen) atoms. The quantitative estimate of drug-likeness (QED) is 0.916. The highest BCUT2D eigenvalue weighted by Crippen LogP contribution is 2.20. The fourth-order valence-electron chi connectivity index (χ4n) is 3.55. The highest BCUT2D eigenvalue weighted by molar-refractivity contribution is 5.94. The molecule has 6 nitrogen and oxygen atoms in total. The average molecular weight is 330 g/mol. The highest BCUT2D eigenvalue weighted by Gasteiger charge is 2.26. The van der Waals surface area contributed by atoms with Gasteiger partial charge in [0.2, 0.25) is 5.91 Å². The van der Waals surface area contributed by atoms with Gasteiger partial charge in [-0.1, -0.05) is 12.8 Å². The molecular formula is C18H26N4O2. The lowest BCUT2D eigenvalue weighted by Crippen LogP contribution is -2.41. The van der Waals surface area contributed by atoms with E-state index in [2.05, 4.69) is 9.88 Å². The van der Waals surface area contributed by atoms with E-state index in [4.69, 9.17) is 5.73 Å². The molecule has 2 amide bonds. The highest BCUT2D eigenvalue weighted by atomic mass is 16.2. The van der Waals surface area contributed by atoms with Crippen LogP contribution in [0.3, 0.4) is 0 Å². The second kappa shape index (κ2) is 7.64. The van der Waals surface area contributed by atoms with E-state index in [9.17, 15) is 9.59 Å². The number of likely N-dealkylation sites (tertiary alicyclic amines) is 1. The molecule has 2 aliphatic rings. The van der Waals surface area contributed by atoms with Crippen molar-refractivity contribution in [2.75, 3.05) is 31.1 Å². The summed E-state index contributed by atoms with van der Waals surface area (Å²) < 4.78 is 0. The third-order valence-electron chi connectivity index (χ3n) is 5.11. The summed E-state index contributed by atoms with van der Waals surface area (Å²) in [6.45, 7) is 3.25. The number of hydrogen-bond acceptors (Lipinski definition) is 4. The standard InChI is InChI=1S/C18H26N4O2/c19-17(23)14-7-11-22(12-8-14)18(24)15-5-6-16(20-13-15)21-9-3-1-2-4-10-21/h5-6,13-14H,1-4,7-12H2,(H2,19,23). The zero-order valence-electron chi connectivity index (χ0n) is 14.1. The van der Waals surface area contributed by atoms with Gasteiger partial charge in [0, 0.05) is 38.3 Å². The van der Waals surface area contributed by atoms with Gasteiger partial charge < -0.3 is 15.5 Å². The Kier molecular flexibility index (Phi) is 5.33. The molecule has 2 aliphatic heterocycles. The van der Waals surface area contributed by atoms with Gasteiger partial charge in [0.15, 0.2) is 0 Å². The first kappa shape index (κ1) is 16.7. The molecule has 2 saturated heterocycles. The molecule has 1 aromatic heterocycles. The molecule has 3 heterocycles. The van der Waals surface area contributed by atoms with Crippen molar-refractivity contribution in [3.63, 3.8) is 0 Å². The lowest BCUT2D eigenvalue weighted by molar-refractivity contribution is -0.123. The van der Waals surface area contributed by atoms with E-state index in [0.717, 1.165) is 18.9 Å². The van der Waals surface area contributed by atoms with Crippen LogP contribution < -0.4 is 10.6 Å². The maximum absolute atomic E-state index is 12.6. The van der Waals surface area contributed by atoms with Crippen LogP contribution >= 0.6 is 0 Å². The van der Waals surface area contributed by atoms with Gasteiger partial charge in [0.25, 0.3) is 5.91 Å². The van der Waals surface area contributed by atoms with Crippen molar-refractivity contribution < 1.29 is 9.59 Å². The maximum atomic E-state index is 12.6. The topological polar surface area (TPSA) is 79.5 Å². The van der Waals surface area contributed by atoms with E-state index < -0.39 is 0 Å². The first-order chi connectivity index (χ1) is 11.6. The number of nitrogens with two attached hydrogens (primary N) is 1. The molecule has 0 atom stereocenters. The van der Waals surface area contributed by atoms with Crippen LogP contribution in [-0.2, 0) is 4.79 Å². The first-order valence-electron chi connectivity index (χ1n) is 8.95. The Bertz CT molecular complexity index is 571. The summed E-state index contributed by atoms with van der Waals surface area (Å²) in [5, 5.41) is 0. The molecule has 0 unspecified atom stereocenters. The molecule has 0 aromatic carbocycles. The summed E-state index contributed by atoms with van der Waals surface area (Å²) in [7, 11) is 0. The second-order valence-electron chi connectivity index (χ2n) is 6.78. The molecule has 0 saturated carbocycles. The number of carbonyl (C=O) groups excluding carboxylic acids is 2. The van der Waals surface area contributed by atoms with Crippen LogP contribution in [0.2, 0.25) is 0 Å². The summed E-state index contributed by atoms with van der Waals surface area (Å²) in [6, 6.07) is 3.82. The summed E-state index contributed by atoms with van der Waals surface area (Å²) >= 11 is 0. The van der Waals surface area contributed by atoms with E-state index in [1.54, 1.807) is 11.1 Å². The zero-order chi connectivity index (χ0) is 16.9. The number of amides is 2. The molecule has 0 bridgehead atoms. The Morgan fingerprint density at radius 2 is 1.67 bits per heavy atom. The molecule has 3 rings (SSSR count). The van der Waals surface area contributed by atoms with Gasteiger partial charge in [-0.3, -0.25) is 9.59 Å². The van der Waals surface area contributed by atoms with Crippen molar-refractivity contribution in [3.05, 3.63) is 23.9 Å². The average Bonchev–Trinajstić information content (AvgIpc) is 2.91. The van der Waals surface area contributed by atoms with Crippen LogP contribution in [0.25, 0.3) is 0 Å². The van der Waals surface area contributed by atoms with E-state index in [1.807, 2.05) is 12.1 Å². The van der Waals surface area contributed by atoms with E-state index >= 15 is 0 Å². The molecule has 2 N–H and O–H groups in total. The van der Waals surface area contributed by atoms with E-state index in [0.29, 0.717) is 31.5 Å². The molecule has 2 fully saturated rings. The smallest absolute Gasteiger partial charge is 0.255 e. The molecule has 0 radical (unpaired) electrons. The number of aromatic nitrogens is 1. The fraction of sp³-hybridized carbons (Fsp3) is 0.611. The largest absolute Gasteiger partial charge is 0.369 e. The summed E-state index contributed by atoms with van der Waals surface area (Å²) in [5.41, 5.74) is 5.96. The minimum absolute atomic E-state index is 0.00663. The molecule has 0 aliphatic carbocycles. The van der Waals surface area contributed by atoms with E-state index in [1.165, 1.54) is 25.7 Å². The number of hydrogen-bond donors (Lipinski definition) is 1. The third kappa shape index (κ3) is 3.86. The van der Waals surface area contributed by atoms with Crippen LogP contribution in [0, 0.1) is 5.92 Å². The van der Waals surface area contributed by atoms with Gasteiger partial charge in [-0.15, -0.1) is 0 Å². The Morgan fingerprint density at radius 1 is 1.00 bits per heavy atom. The lowest BCUT2D eigenvalue weighted by atomic mass is 9.96. The molecule has 0 spiro atoms. The predicted octanol–water partition coefficient (Wildman–Crippen LogP) is 1.80. The van der Waals surface area contributed by atoms with Crippen molar-refractivity contribution in [3.8, 4) is 0 Å². The molecular weight excluding hydrogens is 304 g/mol. The van der Waals surface area contributed by atoms with Crippen molar-refractivity contribution in [1.82, 2.24) is 9.88 Å². The van der Waals surface area contributed by atoms with Crippen LogP contribution in [0.4, 0.5) is 5.82 Å². The van der Waals surface area contributed by atoms with Crippen molar-refractivity contribution in [2.45, 2.75) is 38.5 Å². The molecule has 6 heteroatoms. The minimum atomic E-state index is -0.259. The van der Waals surface area contributed by atoms with Gasteiger partial charge in [-0.2, -0.15) is 0 Å². The van der Waals surface area contributed by atoms with Gasteiger partial charge in [0.05, 0.1) is 5.56 Å². The Morgan fingerprint density at radius 3 is 2.21 bits per heavy atom. The molecule has 130 valence electrons. The first-order valence-corrected chi connectivity index (χ1v) is 8.95. The molecule has 1 aromatic rings. The van der Waals surface area contributed by atoms with Crippen molar-refractivity contribution in [1.29, 1.82) is 0 Å². The van der Waals surface area contributed by atoms with Crippen molar-refractivity contribution >= 4 is 17.6 Å². The van der Waals surface area contributed by atoms with Gasteiger partial charge in [-0.05, 0) is 37.8 Å². The third-order valence-corrected chi connectivity index (χ3v) is 5.11. The monoisotopic (exact) mass is 330 g/mol. The van der Waals surface area contributed by atoms with Crippen LogP contribution in [0.1, 0.15) is 48.9 Å². The lowest BCUT2D eigenvalue weighted by Gasteiger charge is -2.30. The van der Waals surface area contributed by atoms with Gasteiger partial charge in [0.1, 0.15) is 5.82 Å². The second-order valence-corrected chi connectivity index (χ2v) is 6.78. The number of nitrogens with zero attached hydrogens (tertiary/aromatic N) is 3. The zero-order valence-corrected chi connectivity index (χ0v) is 14.1. The number of rotatable bonds is 3. The van der Waals surface area contributed by atoms with Crippen LogP contribution in [0.5, 0.6) is 0 Å². The number of anilines is 1.